The monoisotopic (exact) mass is 397 g/mol. The van der Waals surface area contributed by atoms with Gasteiger partial charge in [-0.15, -0.1) is 0 Å². The van der Waals surface area contributed by atoms with Crippen LogP contribution in [0.4, 0.5) is 0 Å². The topological polar surface area (TPSA) is 0 Å². The molecule has 134 valence electrons. The van der Waals surface area contributed by atoms with Crippen molar-refractivity contribution in [3.8, 4) is 11.6 Å². The van der Waals surface area contributed by atoms with Gasteiger partial charge in [-0.3, -0.25) is 0 Å². The van der Waals surface area contributed by atoms with Crippen LogP contribution < -0.4 is 15.9 Å². The van der Waals surface area contributed by atoms with E-state index in [1.807, 2.05) is 24.3 Å². The Morgan fingerprint density at radius 2 is 0.893 bits per heavy atom. The van der Waals surface area contributed by atoms with Crippen LogP contribution in [0.1, 0.15) is 5.56 Å². The minimum absolute atomic E-state index is 0.723. The van der Waals surface area contributed by atoms with Gasteiger partial charge in [-0.25, -0.2) is 0 Å². The molecule has 0 amide bonds. The number of benzene rings is 4. The summed E-state index contributed by atoms with van der Waals surface area (Å²) in [6.07, 6.45) is 0. The van der Waals surface area contributed by atoms with Crippen molar-refractivity contribution in [2.45, 2.75) is 0 Å². The molecule has 0 heterocycles. The molecule has 0 radical (unpaired) electrons. The maximum atomic E-state index is 6.05. The quantitative estimate of drug-likeness (QED) is 0.310. The van der Waals surface area contributed by atoms with Gasteiger partial charge < -0.3 is 0 Å². The molecular weight excluding hydrogens is 379 g/mol. The third kappa shape index (κ3) is 3.74. The van der Waals surface area contributed by atoms with Crippen molar-refractivity contribution in [3.05, 3.63) is 126 Å². The van der Waals surface area contributed by atoms with Gasteiger partial charge in [0.15, 0.2) is 7.26 Å². The fraction of sp³-hybridized carbons (Fsp3) is 0. The number of rotatable bonds is 3. The zero-order valence-corrected chi connectivity index (χ0v) is 16.9. The highest BCUT2D eigenvalue weighted by Crippen LogP contribution is 2.54. The van der Waals surface area contributed by atoms with Crippen molar-refractivity contribution in [2.75, 3.05) is 0 Å². The van der Waals surface area contributed by atoms with E-state index < -0.39 is 7.26 Å². The van der Waals surface area contributed by atoms with E-state index in [2.05, 4.69) is 103 Å². The fourth-order valence-corrected chi connectivity index (χ4v) is 6.84. The molecule has 0 bridgehead atoms. The average molecular weight is 398 g/mol. The number of hydrogen-bond acceptors (Lipinski definition) is 0. The fourth-order valence-electron chi connectivity index (χ4n) is 3.28. The van der Waals surface area contributed by atoms with Crippen LogP contribution in [0.2, 0.25) is 5.02 Å². The molecule has 0 aliphatic heterocycles. The first-order valence-corrected chi connectivity index (χ1v) is 11.3. The second-order valence-corrected chi connectivity index (χ2v) is 9.97. The molecule has 0 fully saturated rings. The first-order valence-electron chi connectivity index (χ1n) is 9.14. The molecule has 0 unspecified atom stereocenters. The second-order valence-electron chi connectivity index (χ2n) is 6.42. The lowest BCUT2D eigenvalue weighted by molar-refractivity contribution is 1.65. The Bertz CT molecular complexity index is 997. The summed E-state index contributed by atoms with van der Waals surface area (Å²) < 4.78 is 0. The van der Waals surface area contributed by atoms with Crippen LogP contribution in [0.3, 0.4) is 0 Å². The summed E-state index contributed by atoms with van der Waals surface area (Å²) in [5.74, 6) is 3.45. The lowest BCUT2D eigenvalue weighted by Crippen LogP contribution is -2.29. The molecule has 0 aromatic heterocycles. The molecule has 0 aliphatic carbocycles. The summed E-state index contributed by atoms with van der Waals surface area (Å²) in [6.45, 7) is 0. The van der Waals surface area contributed by atoms with Crippen LogP contribution in [0.25, 0.3) is 0 Å². The van der Waals surface area contributed by atoms with Crippen LogP contribution >= 0.6 is 18.9 Å². The van der Waals surface area contributed by atoms with Crippen LogP contribution in [0.15, 0.2) is 115 Å². The molecule has 0 aliphatic rings. The summed E-state index contributed by atoms with van der Waals surface area (Å²) in [6, 6.07) is 39.7. The highest BCUT2D eigenvalue weighted by atomic mass is 35.5. The first kappa shape index (κ1) is 18.5. The van der Waals surface area contributed by atoms with E-state index in [0.29, 0.717) is 0 Å². The molecule has 28 heavy (non-hydrogen) atoms. The van der Waals surface area contributed by atoms with Crippen LogP contribution in [0, 0.1) is 11.6 Å². The summed E-state index contributed by atoms with van der Waals surface area (Å²) >= 11 is 6.05. The smallest absolute Gasteiger partial charge is 0.0843 e. The Hall–Kier alpha value is -2.84. The van der Waals surface area contributed by atoms with Gasteiger partial charge in [-0.2, -0.15) is 0 Å². The zero-order valence-electron chi connectivity index (χ0n) is 15.3. The molecule has 0 saturated heterocycles. The van der Waals surface area contributed by atoms with E-state index in [4.69, 9.17) is 11.6 Å². The molecule has 0 N–H and O–H groups in total. The summed E-state index contributed by atoms with van der Waals surface area (Å²) in [5, 5.41) is 4.50. The molecule has 0 spiro atoms. The van der Waals surface area contributed by atoms with E-state index in [1.165, 1.54) is 15.9 Å². The van der Waals surface area contributed by atoms with Gasteiger partial charge in [0, 0.05) is 10.6 Å². The van der Waals surface area contributed by atoms with Crippen molar-refractivity contribution in [3.63, 3.8) is 0 Å². The van der Waals surface area contributed by atoms with Crippen LogP contribution in [0.5, 0.6) is 0 Å². The lowest BCUT2D eigenvalue weighted by atomic mass is 10.2. The molecule has 4 aromatic carbocycles. The standard InChI is InChI=1S/C26H19ClP/c27-23-18-16-22(17-19-23)20-21-28(24-10-4-1-5-11-24,25-12-6-2-7-13-25)26-14-8-3-9-15-26/h1-19H/q+1. The number of hydrogen-bond donors (Lipinski definition) is 0. The van der Waals surface area contributed by atoms with Crippen molar-refractivity contribution in [1.29, 1.82) is 0 Å². The lowest BCUT2D eigenvalue weighted by Gasteiger charge is -2.21. The van der Waals surface area contributed by atoms with Gasteiger partial charge in [-0.05, 0) is 66.6 Å². The molecule has 0 saturated carbocycles. The van der Waals surface area contributed by atoms with Crippen LogP contribution in [-0.2, 0) is 0 Å². The summed E-state index contributed by atoms with van der Waals surface area (Å²) in [7, 11) is -2.12. The van der Waals surface area contributed by atoms with Gasteiger partial charge >= 0.3 is 0 Å². The highest BCUT2D eigenvalue weighted by molar-refractivity contribution is 7.99. The third-order valence-electron chi connectivity index (χ3n) is 4.64. The number of halogens is 1. The molecule has 0 nitrogen and oxygen atoms in total. The summed E-state index contributed by atoms with van der Waals surface area (Å²) in [4.78, 5) is 0. The predicted octanol–water partition coefficient (Wildman–Crippen LogP) is 5.64. The molecule has 2 heteroatoms. The Labute approximate surface area is 172 Å². The third-order valence-corrected chi connectivity index (χ3v) is 8.56. The van der Waals surface area contributed by atoms with Gasteiger partial charge in [-0.1, -0.05) is 66.2 Å². The van der Waals surface area contributed by atoms with Gasteiger partial charge in [0.05, 0.1) is 5.66 Å². The van der Waals surface area contributed by atoms with E-state index >= 15 is 0 Å². The molecular formula is C26H19ClP+. The van der Waals surface area contributed by atoms with Gasteiger partial charge in [0.1, 0.15) is 15.9 Å². The largest absolute Gasteiger partial charge is 0.189 e. The van der Waals surface area contributed by atoms with Crippen molar-refractivity contribution >= 4 is 34.8 Å². The Kier molecular flexibility index (Phi) is 5.59. The van der Waals surface area contributed by atoms with E-state index in [1.54, 1.807) is 0 Å². The first-order chi connectivity index (χ1) is 13.8. The average Bonchev–Trinajstić information content (AvgIpc) is 2.78. The maximum Gasteiger partial charge on any atom is 0.189 e. The predicted molar refractivity (Wildman–Crippen MR) is 123 cm³/mol. The zero-order chi connectivity index (χ0) is 19.2. The van der Waals surface area contributed by atoms with E-state index in [9.17, 15) is 0 Å². The summed E-state index contributed by atoms with van der Waals surface area (Å²) in [5.41, 5.74) is 4.70. The highest BCUT2D eigenvalue weighted by Gasteiger charge is 2.44. The van der Waals surface area contributed by atoms with Gasteiger partial charge in [0.25, 0.3) is 0 Å². The minimum atomic E-state index is -2.12. The molecule has 4 aromatic rings. The van der Waals surface area contributed by atoms with Crippen LogP contribution in [-0.4, -0.2) is 0 Å². The van der Waals surface area contributed by atoms with Crippen molar-refractivity contribution < 1.29 is 0 Å². The molecule has 0 atom stereocenters. The molecule has 4 rings (SSSR count). The van der Waals surface area contributed by atoms with E-state index in [-0.39, 0.29) is 0 Å². The SMILES string of the molecule is Clc1ccc(C#C[P+](c2ccccc2)(c2ccccc2)c2ccccc2)cc1. The minimum Gasteiger partial charge on any atom is -0.0843 e. The normalized spacial score (nSPS) is 10.8. The van der Waals surface area contributed by atoms with E-state index in [0.717, 1.165) is 10.6 Å². The van der Waals surface area contributed by atoms with Crippen molar-refractivity contribution in [1.82, 2.24) is 0 Å². The Morgan fingerprint density at radius 1 is 0.500 bits per heavy atom. The Morgan fingerprint density at radius 3 is 1.29 bits per heavy atom. The maximum absolute atomic E-state index is 6.05. The second kappa shape index (κ2) is 8.45. The van der Waals surface area contributed by atoms with Crippen molar-refractivity contribution in [2.24, 2.45) is 0 Å². The van der Waals surface area contributed by atoms with Gasteiger partial charge in [0.2, 0.25) is 0 Å². The Balaban J connectivity index is 2.00.